The van der Waals surface area contributed by atoms with E-state index in [2.05, 4.69) is 0 Å². The zero-order valence-corrected chi connectivity index (χ0v) is 13.1. The molecule has 1 aromatic rings. The highest BCUT2D eigenvalue weighted by Crippen LogP contribution is 2.27. The average Bonchev–Trinajstić information content (AvgIpc) is 2.92. The van der Waals surface area contributed by atoms with Crippen molar-refractivity contribution in [1.29, 1.82) is 0 Å². The van der Waals surface area contributed by atoms with Gasteiger partial charge in [0.1, 0.15) is 5.75 Å². The number of fused-ring (bicyclic) bond motifs is 1. The Bertz CT molecular complexity index is 687. The summed E-state index contributed by atoms with van der Waals surface area (Å²) < 4.78 is 27.9. The van der Waals surface area contributed by atoms with Crippen molar-refractivity contribution in [3.05, 3.63) is 29.3 Å². The van der Waals surface area contributed by atoms with Crippen LogP contribution in [0, 0.1) is 5.92 Å². The molecule has 7 heteroatoms. The lowest BCUT2D eigenvalue weighted by molar-refractivity contribution is 0.0788. The predicted octanol–water partition coefficient (Wildman–Crippen LogP) is 0.762. The number of carbonyl (C=O) groups excluding carboxylic acids is 1. The van der Waals surface area contributed by atoms with Crippen molar-refractivity contribution in [2.24, 2.45) is 11.1 Å². The highest BCUT2D eigenvalue weighted by atomic mass is 32.2. The number of hydrogen-bond acceptors (Lipinski definition) is 4. The van der Waals surface area contributed by atoms with E-state index in [9.17, 15) is 13.2 Å². The van der Waals surface area contributed by atoms with Crippen LogP contribution in [-0.4, -0.2) is 44.7 Å². The molecule has 3 rings (SSSR count). The summed E-state index contributed by atoms with van der Waals surface area (Å²) in [5.41, 5.74) is 1.71. The van der Waals surface area contributed by atoms with Crippen LogP contribution in [0.2, 0.25) is 0 Å². The lowest BCUT2D eigenvalue weighted by atomic mass is 10.0. The molecule has 0 spiro atoms. The fourth-order valence-corrected chi connectivity index (χ4v) is 4.09. The zero-order chi connectivity index (χ0) is 15.7. The minimum Gasteiger partial charge on any atom is -0.493 e. The molecular weight excluding hydrogens is 304 g/mol. The van der Waals surface area contributed by atoms with Gasteiger partial charge in [0, 0.05) is 18.7 Å². The third-order valence-corrected chi connectivity index (χ3v) is 5.13. The molecule has 1 aromatic carbocycles. The van der Waals surface area contributed by atoms with Crippen LogP contribution in [0.5, 0.6) is 5.75 Å². The molecule has 1 fully saturated rings. The summed E-state index contributed by atoms with van der Waals surface area (Å²) in [6, 6.07) is 5.52. The largest absolute Gasteiger partial charge is 0.493 e. The molecule has 2 N–H and O–H groups in total. The molecule has 6 nitrogen and oxygen atoms in total. The van der Waals surface area contributed by atoms with E-state index < -0.39 is 10.0 Å². The van der Waals surface area contributed by atoms with Gasteiger partial charge in [-0.1, -0.05) is 0 Å². The minimum atomic E-state index is -3.49. The fraction of sp³-hybridized carbons (Fsp3) is 0.533. The molecule has 2 aliphatic heterocycles. The van der Waals surface area contributed by atoms with E-state index in [4.69, 9.17) is 9.88 Å². The molecule has 0 aromatic heterocycles. The first-order valence-corrected chi connectivity index (χ1v) is 9.19. The van der Waals surface area contributed by atoms with Gasteiger partial charge in [0.15, 0.2) is 0 Å². The number of amides is 1. The number of hydrogen-bond donors (Lipinski definition) is 1. The molecule has 0 saturated carbocycles. The van der Waals surface area contributed by atoms with Gasteiger partial charge in [-0.3, -0.25) is 4.79 Å². The van der Waals surface area contributed by atoms with E-state index in [0.717, 1.165) is 30.8 Å². The Morgan fingerprint density at radius 1 is 1.41 bits per heavy atom. The van der Waals surface area contributed by atoms with Crippen molar-refractivity contribution < 1.29 is 17.9 Å². The summed E-state index contributed by atoms with van der Waals surface area (Å²) >= 11 is 0. The zero-order valence-electron chi connectivity index (χ0n) is 12.3. The van der Waals surface area contributed by atoms with Crippen molar-refractivity contribution in [3.8, 4) is 5.75 Å². The summed E-state index contributed by atoms with van der Waals surface area (Å²) in [4.78, 5) is 14.3. The molecule has 1 saturated heterocycles. The fourth-order valence-electron chi connectivity index (χ4n) is 3.16. The van der Waals surface area contributed by atoms with Crippen molar-refractivity contribution >= 4 is 15.9 Å². The van der Waals surface area contributed by atoms with Gasteiger partial charge < -0.3 is 9.64 Å². The third kappa shape index (κ3) is 3.41. The van der Waals surface area contributed by atoms with E-state index in [0.29, 0.717) is 25.1 Å². The number of nitrogens with zero attached hydrogens (tertiary/aromatic N) is 1. The van der Waals surface area contributed by atoms with Gasteiger partial charge in [-0.2, -0.15) is 0 Å². The first kappa shape index (κ1) is 15.3. The first-order chi connectivity index (χ1) is 10.4. The summed E-state index contributed by atoms with van der Waals surface area (Å²) in [7, 11) is -3.49. The van der Waals surface area contributed by atoms with Crippen LogP contribution in [0.1, 0.15) is 28.8 Å². The van der Waals surface area contributed by atoms with Gasteiger partial charge in [-0.05, 0) is 48.9 Å². The van der Waals surface area contributed by atoms with Crippen molar-refractivity contribution in [2.75, 3.05) is 25.4 Å². The van der Waals surface area contributed by atoms with E-state index in [1.165, 1.54) is 0 Å². The van der Waals surface area contributed by atoms with Gasteiger partial charge in [0.25, 0.3) is 5.91 Å². The minimum absolute atomic E-state index is 0.0507. The summed E-state index contributed by atoms with van der Waals surface area (Å²) in [6.07, 6.45) is 2.56. The number of nitrogens with two attached hydrogens (primary N) is 1. The Balaban J connectivity index is 1.70. The third-order valence-electron chi connectivity index (χ3n) is 4.20. The van der Waals surface area contributed by atoms with E-state index in [1.54, 1.807) is 11.0 Å². The maximum Gasteiger partial charge on any atom is 0.253 e. The molecule has 0 bridgehead atoms. The molecule has 2 aliphatic rings. The number of rotatable bonds is 3. The molecule has 0 aliphatic carbocycles. The molecule has 0 radical (unpaired) electrons. The Morgan fingerprint density at radius 3 is 3.00 bits per heavy atom. The Labute approximate surface area is 130 Å². The monoisotopic (exact) mass is 324 g/mol. The Hall–Kier alpha value is -1.60. The van der Waals surface area contributed by atoms with Gasteiger partial charge in [-0.25, -0.2) is 13.6 Å². The summed E-state index contributed by atoms with van der Waals surface area (Å²) in [5.74, 6) is 0.677. The van der Waals surface area contributed by atoms with Crippen LogP contribution >= 0.6 is 0 Å². The second kappa shape index (κ2) is 5.89. The Morgan fingerprint density at radius 2 is 2.23 bits per heavy atom. The van der Waals surface area contributed by atoms with Crippen LogP contribution in [0.15, 0.2) is 18.2 Å². The summed E-state index contributed by atoms with van der Waals surface area (Å²) in [5, 5.41) is 5.08. The van der Waals surface area contributed by atoms with Gasteiger partial charge in [0.05, 0.1) is 12.4 Å². The predicted molar refractivity (Wildman–Crippen MR) is 82.2 cm³/mol. The number of sulfonamides is 1. The van der Waals surface area contributed by atoms with Crippen LogP contribution in [0.4, 0.5) is 0 Å². The van der Waals surface area contributed by atoms with Crippen molar-refractivity contribution in [3.63, 3.8) is 0 Å². The highest BCUT2D eigenvalue weighted by Gasteiger charge is 2.29. The smallest absolute Gasteiger partial charge is 0.253 e. The number of carbonyl (C=O) groups is 1. The lowest BCUT2D eigenvalue weighted by Crippen LogP contribution is -2.31. The normalized spacial score (nSPS) is 21.3. The second-order valence-electron chi connectivity index (χ2n) is 6.01. The number of benzene rings is 1. The first-order valence-electron chi connectivity index (χ1n) is 7.48. The van der Waals surface area contributed by atoms with E-state index >= 15 is 0 Å². The molecule has 120 valence electrons. The average molecular weight is 324 g/mol. The van der Waals surface area contributed by atoms with Gasteiger partial charge in [-0.15, -0.1) is 0 Å². The van der Waals surface area contributed by atoms with E-state index in [1.807, 2.05) is 12.1 Å². The number of ether oxygens (including phenoxy) is 1. The number of aryl methyl sites for hydroxylation is 1. The van der Waals surface area contributed by atoms with Crippen LogP contribution in [0.3, 0.4) is 0 Å². The molecule has 0 unspecified atom stereocenters. The molecule has 1 atom stereocenters. The Kier molecular flexibility index (Phi) is 4.10. The van der Waals surface area contributed by atoms with Gasteiger partial charge >= 0.3 is 0 Å². The quantitative estimate of drug-likeness (QED) is 0.889. The molecular formula is C15H20N2O4S. The van der Waals surface area contributed by atoms with Crippen molar-refractivity contribution in [1.82, 2.24) is 4.90 Å². The SMILES string of the molecule is NS(=O)(=O)C[C@@H]1CCN(C(=O)c2ccc3c(c2)CCCO3)C1. The van der Waals surface area contributed by atoms with Crippen LogP contribution < -0.4 is 9.88 Å². The maximum absolute atomic E-state index is 12.5. The maximum atomic E-state index is 12.5. The molecule has 2 heterocycles. The summed E-state index contributed by atoms with van der Waals surface area (Å²) in [6.45, 7) is 1.75. The van der Waals surface area contributed by atoms with Crippen molar-refractivity contribution in [2.45, 2.75) is 19.3 Å². The standard InChI is InChI=1S/C15H20N2O4S/c16-22(19,20)10-11-5-6-17(9-11)15(18)13-3-4-14-12(8-13)2-1-7-21-14/h3-4,8,11H,1-2,5-7,9-10H2,(H2,16,19,20)/t11-/m1/s1. The van der Waals surface area contributed by atoms with E-state index in [-0.39, 0.29) is 17.6 Å². The molecule has 22 heavy (non-hydrogen) atoms. The highest BCUT2D eigenvalue weighted by molar-refractivity contribution is 7.89. The number of likely N-dealkylation sites (tertiary alicyclic amines) is 1. The van der Waals surface area contributed by atoms with Crippen LogP contribution in [0.25, 0.3) is 0 Å². The topological polar surface area (TPSA) is 89.7 Å². The lowest BCUT2D eigenvalue weighted by Gasteiger charge is -2.20. The second-order valence-corrected chi connectivity index (χ2v) is 7.67. The van der Waals surface area contributed by atoms with Gasteiger partial charge in [0.2, 0.25) is 10.0 Å². The van der Waals surface area contributed by atoms with Crippen LogP contribution in [-0.2, 0) is 16.4 Å². The number of primary sulfonamides is 1. The molecule has 1 amide bonds.